The van der Waals surface area contributed by atoms with E-state index in [1.165, 1.54) is 0 Å². The van der Waals surface area contributed by atoms with Crippen molar-refractivity contribution in [3.63, 3.8) is 0 Å². The molecule has 16 heavy (non-hydrogen) atoms. The molecule has 2 fully saturated rings. The van der Waals surface area contributed by atoms with Gasteiger partial charge in [-0.1, -0.05) is 0 Å². The van der Waals surface area contributed by atoms with Gasteiger partial charge in [0.15, 0.2) is 0 Å². The van der Waals surface area contributed by atoms with Gasteiger partial charge in [-0.25, -0.2) is 0 Å². The molecule has 0 aromatic heterocycles. The molecule has 0 bridgehead atoms. The van der Waals surface area contributed by atoms with Crippen LogP contribution in [0.5, 0.6) is 0 Å². The van der Waals surface area contributed by atoms with Crippen LogP contribution in [0.3, 0.4) is 0 Å². The first-order valence-electron chi connectivity index (χ1n) is 5.90. The van der Waals surface area contributed by atoms with Gasteiger partial charge in [0, 0.05) is 43.3 Å². The average molecular weight is 245 g/mol. The Labute approximate surface area is 100 Å². The Morgan fingerprint density at radius 2 is 2.19 bits per heavy atom. The second-order valence-electron chi connectivity index (χ2n) is 4.41. The summed E-state index contributed by atoms with van der Waals surface area (Å²) in [7, 11) is 0. The van der Waals surface area contributed by atoms with Crippen LogP contribution in [0.4, 0.5) is 0 Å². The lowest BCUT2D eigenvalue weighted by atomic mass is 10.0. The molecule has 5 heteroatoms. The Bertz CT molecular complexity index is 243. The van der Waals surface area contributed by atoms with Crippen LogP contribution in [-0.2, 0) is 9.53 Å². The number of carboxylic acids is 1. The molecule has 92 valence electrons. The van der Waals surface area contributed by atoms with E-state index in [4.69, 9.17) is 9.84 Å². The molecule has 1 atom stereocenters. The van der Waals surface area contributed by atoms with Crippen molar-refractivity contribution in [3.8, 4) is 0 Å². The number of carbonyl (C=O) groups is 1. The zero-order valence-corrected chi connectivity index (χ0v) is 10.2. The monoisotopic (exact) mass is 245 g/mol. The summed E-state index contributed by atoms with van der Waals surface area (Å²) in [5, 5.41) is 8.92. The first-order chi connectivity index (χ1) is 7.77. The van der Waals surface area contributed by atoms with Gasteiger partial charge in [-0.2, -0.15) is 11.8 Å². The topological polar surface area (TPSA) is 49.8 Å². The number of rotatable bonds is 3. The Hall–Kier alpha value is -0.260. The summed E-state index contributed by atoms with van der Waals surface area (Å²) < 4.78 is 5.36. The van der Waals surface area contributed by atoms with Crippen molar-refractivity contribution < 1.29 is 14.6 Å². The fourth-order valence-corrected chi connectivity index (χ4v) is 3.63. The predicted molar refractivity (Wildman–Crippen MR) is 63.9 cm³/mol. The molecule has 2 aliphatic heterocycles. The van der Waals surface area contributed by atoms with Gasteiger partial charge in [0.1, 0.15) is 0 Å². The lowest BCUT2D eigenvalue weighted by molar-refractivity contribution is -0.138. The largest absolute Gasteiger partial charge is 0.481 e. The molecule has 2 aliphatic rings. The van der Waals surface area contributed by atoms with Gasteiger partial charge in [0.2, 0.25) is 0 Å². The Kier molecular flexibility index (Phi) is 4.49. The first kappa shape index (κ1) is 12.2. The minimum absolute atomic E-state index is 0.222. The van der Waals surface area contributed by atoms with E-state index in [-0.39, 0.29) is 12.5 Å². The zero-order chi connectivity index (χ0) is 11.4. The minimum atomic E-state index is -0.676. The molecule has 0 aromatic carbocycles. The third-order valence-electron chi connectivity index (χ3n) is 3.34. The summed E-state index contributed by atoms with van der Waals surface area (Å²) in [5.41, 5.74) is 0. The molecule has 0 aromatic rings. The molecule has 2 heterocycles. The van der Waals surface area contributed by atoms with Gasteiger partial charge in [0.25, 0.3) is 0 Å². The van der Waals surface area contributed by atoms with E-state index in [0.29, 0.717) is 6.04 Å². The van der Waals surface area contributed by atoms with Gasteiger partial charge >= 0.3 is 5.97 Å². The normalized spacial score (nSPS) is 29.1. The van der Waals surface area contributed by atoms with Crippen LogP contribution in [0.25, 0.3) is 0 Å². The van der Waals surface area contributed by atoms with Crippen LogP contribution >= 0.6 is 11.8 Å². The van der Waals surface area contributed by atoms with Crippen LogP contribution in [-0.4, -0.2) is 59.3 Å². The lowest BCUT2D eigenvalue weighted by Gasteiger charge is -2.41. The smallest absolute Gasteiger partial charge is 0.304 e. The van der Waals surface area contributed by atoms with E-state index in [1.807, 2.05) is 11.8 Å². The fourth-order valence-electron chi connectivity index (χ4n) is 2.54. The number of nitrogens with zero attached hydrogens (tertiary/aromatic N) is 1. The van der Waals surface area contributed by atoms with Gasteiger partial charge in [-0.15, -0.1) is 0 Å². The highest BCUT2D eigenvalue weighted by atomic mass is 32.2. The number of thioether (sulfide) groups is 1. The van der Waals surface area contributed by atoms with Crippen LogP contribution in [0, 0.1) is 0 Å². The molecule has 0 aliphatic carbocycles. The van der Waals surface area contributed by atoms with Gasteiger partial charge in [-0.05, 0) is 12.8 Å². The predicted octanol–water partition coefficient (Wildman–Crippen LogP) is 1.06. The number of carboxylic acid groups (broad SMARTS) is 1. The van der Waals surface area contributed by atoms with Gasteiger partial charge < -0.3 is 9.84 Å². The third kappa shape index (κ3) is 3.12. The van der Waals surface area contributed by atoms with Crippen molar-refractivity contribution >= 4 is 17.7 Å². The summed E-state index contributed by atoms with van der Waals surface area (Å²) in [5.74, 6) is 1.42. The van der Waals surface area contributed by atoms with E-state index in [9.17, 15) is 4.79 Å². The molecule has 0 amide bonds. The maximum atomic E-state index is 10.8. The molecule has 0 spiro atoms. The molecule has 4 nitrogen and oxygen atoms in total. The van der Waals surface area contributed by atoms with Gasteiger partial charge in [0.05, 0.1) is 6.42 Å². The Balaban J connectivity index is 1.94. The fraction of sp³-hybridized carbons (Fsp3) is 0.909. The third-order valence-corrected chi connectivity index (χ3v) is 4.43. The number of hydrogen-bond donors (Lipinski definition) is 1. The number of aliphatic carboxylic acids is 1. The van der Waals surface area contributed by atoms with Crippen molar-refractivity contribution in [3.05, 3.63) is 0 Å². The average Bonchev–Trinajstić information content (AvgIpc) is 2.30. The molecule has 0 radical (unpaired) electrons. The SMILES string of the molecule is O=C(O)CC1CSCCN1C1CCOCC1. The summed E-state index contributed by atoms with van der Waals surface area (Å²) in [4.78, 5) is 13.2. The summed E-state index contributed by atoms with van der Waals surface area (Å²) >= 11 is 1.88. The second kappa shape index (κ2) is 5.89. The van der Waals surface area contributed by atoms with Crippen molar-refractivity contribution in [1.29, 1.82) is 0 Å². The van der Waals surface area contributed by atoms with Crippen molar-refractivity contribution in [2.24, 2.45) is 0 Å². The summed E-state index contributed by atoms with van der Waals surface area (Å²) in [6, 6.07) is 0.762. The second-order valence-corrected chi connectivity index (χ2v) is 5.56. The Morgan fingerprint density at radius 3 is 2.88 bits per heavy atom. The van der Waals surface area contributed by atoms with E-state index in [1.54, 1.807) is 0 Å². The van der Waals surface area contributed by atoms with E-state index < -0.39 is 5.97 Å². The highest BCUT2D eigenvalue weighted by Crippen LogP contribution is 2.25. The van der Waals surface area contributed by atoms with Crippen molar-refractivity contribution in [2.45, 2.75) is 31.3 Å². The zero-order valence-electron chi connectivity index (χ0n) is 9.43. The summed E-state index contributed by atoms with van der Waals surface area (Å²) in [6.07, 6.45) is 2.39. The number of ether oxygens (including phenoxy) is 1. The highest BCUT2D eigenvalue weighted by Gasteiger charge is 2.31. The minimum Gasteiger partial charge on any atom is -0.481 e. The van der Waals surface area contributed by atoms with Crippen molar-refractivity contribution in [1.82, 2.24) is 4.90 Å². The molecule has 1 unspecified atom stereocenters. The maximum absolute atomic E-state index is 10.8. The molecular weight excluding hydrogens is 226 g/mol. The lowest BCUT2D eigenvalue weighted by Crippen LogP contribution is -2.51. The van der Waals surface area contributed by atoms with E-state index >= 15 is 0 Å². The Morgan fingerprint density at radius 1 is 1.44 bits per heavy atom. The van der Waals surface area contributed by atoms with Crippen molar-refractivity contribution in [2.75, 3.05) is 31.3 Å². The standard InChI is InChI=1S/C11H19NO3S/c13-11(14)7-10-8-16-6-3-12(10)9-1-4-15-5-2-9/h9-10H,1-8H2,(H,13,14). The molecule has 2 saturated heterocycles. The highest BCUT2D eigenvalue weighted by molar-refractivity contribution is 7.99. The van der Waals surface area contributed by atoms with Crippen LogP contribution in [0.15, 0.2) is 0 Å². The molecular formula is C11H19NO3S. The first-order valence-corrected chi connectivity index (χ1v) is 7.06. The molecule has 1 N–H and O–H groups in total. The quantitative estimate of drug-likeness (QED) is 0.805. The van der Waals surface area contributed by atoms with E-state index in [2.05, 4.69) is 4.90 Å². The van der Waals surface area contributed by atoms with E-state index in [0.717, 1.165) is 44.1 Å². The van der Waals surface area contributed by atoms with Crippen LogP contribution in [0.2, 0.25) is 0 Å². The maximum Gasteiger partial charge on any atom is 0.304 e. The number of hydrogen-bond acceptors (Lipinski definition) is 4. The van der Waals surface area contributed by atoms with Gasteiger partial charge in [-0.3, -0.25) is 9.69 Å². The van der Waals surface area contributed by atoms with Crippen LogP contribution in [0.1, 0.15) is 19.3 Å². The van der Waals surface area contributed by atoms with Crippen LogP contribution < -0.4 is 0 Å². The summed E-state index contributed by atoms with van der Waals surface area (Å²) in [6.45, 7) is 2.69. The molecule has 0 saturated carbocycles. The molecule has 2 rings (SSSR count).